The number of likely N-dealkylation sites (tertiary alicyclic amines) is 1. The molecular weight excluding hydrogens is 352 g/mol. The van der Waals surface area contributed by atoms with Gasteiger partial charge in [0.25, 0.3) is 0 Å². The van der Waals surface area contributed by atoms with Crippen molar-refractivity contribution in [2.45, 2.75) is 44.2 Å². The molecule has 0 aromatic heterocycles. The molecule has 0 bridgehead atoms. The Morgan fingerprint density at radius 1 is 1.19 bits per heavy atom. The van der Waals surface area contributed by atoms with E-state index in [1.807, 2.05) is 30.3 Å². The number of esters is 1. The molecule has 3 aliphatic rings. The van der Waals surface area contributed by atoms with Gasteiger partial charge in [0.2, 0.25) is 5.91 Å². The molecule has 1 aromatic carbocycles. The molecule has 0 radical (unpaired) electrons. The van der Waals surface area contributed by atoms with Crippen molar-refractivity contribution in [2.75, 3.05) is 19.7 Å². The van der Waals surface area contributed by atoms with Crippen molar-refractivity contribution in [3.8, 4) is 0 Å². The third-order valence-electron chi connectivity index (χ3n) is 5.14. The van der Waals surface area contributed by atoms with Crippen LogP contribution in [0.3, 0.4) is 0 Å². The quantitative estimate of drug-likeness (QED) is 0.570. The number of carbonyl (C=O) groups excluding carboxylic acids is 3. The van der Waals surface area contributed by atoms with Crippen molar-refractivity contribution in [2.24, 2.45) is 0 Å². The predicted molar refractivity (Wildman–Crippen MR) is 92.3 cm³/mol. The highest BCUT2D eigenvalue weighted by Crippen LogP contribution is 2.29. The van der Waals surface area contributed by atoms with Gasteiger partial charge in [-0.05, 0) is 18.4 Å². The molecule has 0 spiro atoms. The minimum atomic E-state index is -0.631. The van der Waals surface area contributed by atoms with E-state index in [2.05, 4.69) is 0 Å². The van der Waals surface area contributed by atoms with Crippen molar-refractivity contribution in [3.63, 3.8) is 0 Å². The molecule has 0 aliphatic carbocycles. The second-order valence-electron chi connectivity index (χ2n) is 6.98. The summed E-state index contributed by atoms with van der Waals surface area (Å²) < 4.78 is 16.3. The van der Waals surface area contributed by atoms with Gasteiger partial charge < -0.3 is 19.1 Å². The first-order valence-electron chi connectivity index (χ1n) is 9.20. The summed E-state index contributed by atoms with van der Waals surface area (Å²) in [5.74, 6) is -0.384. The van der Waals surface area contributed by atoms with Crippen LogP contribution in [-0.2, 0) is 30.4 Å². The van der Waals surface area contributed by atoms with Gasteiger partial charge in [-0.2, -0.15) is 0 Å². The number of amides is 2. The Bertz CT molecular complexity index is 724. The van der Waals surface area contributed by atoms with Crippen LogP contribution >= 0.6 is 0 Å². The molecule has 3 aliphatic heterocycles. The van der Waals surface area contributed by atoms with Crippen molar-refractivity contribution in [1.82, 2.24) is 9.80 Å². The molecule has 3 saturated heterocycles. The molecule has 8 nitrogen and oxygen atoms in total. The lowest BCUT2D eigenvalue weighted by Gasteiger charge is -2.31. The number of hydrogen-bond acceptors (Lipinski definition) is 6. The predicted octanol–water partition coefficient (Wildman–Crippen LogP) is 1.29. The van der Waals surface area contributed by atoms with Crippen LogP contribution in [0.15, 0.2) is 30.3 Å². The summed E-state index contributed by atoms with van der Waals surface area (Å²) in [5.41, 5.74) is 0.890. The van der Waals surface area contributed by atoms with Gasteiger partial charge in [-0.25, -0.2) is 9.59 Å². The van der Waals surface area contributed by atoms with E-state index >= 15 is 0 Å². The van der Waals surface area contributed by atoms with Gasteiger partial charge >= 0.3 is 12.1 Å². The highest BCUT2D eigenvalue weighted by atomic mass is 16.6. The van der Waals surface area contributed by atoms with Gasteiger partial charge in [0.15, 0.2) is 0 Å². The van der Waals surface area contributed by atoms with E-state index in [0.29, 0.717) is 25.9 Å². The number of hydrogen-bond donors (Lipinski definition) is 0. The minimum Gasteiger partial charge on any atom is -0.461 e. The first-order valence-corrected chi connectivity index (χ1v) is 9.20. The largest absolute Gasteiger partial charge is 0.461 e. The summed E-state index contributed by atoms with van der Waals surface area (Å²) in [6.07, 6.45) is 0.698. The zero-order valence-electron chi connectivity index (χ0n) is 14.9. The van der Waals surface area contributed by atoms with Crippen LogP contribution in [0.2, 0.25) is 0 Å². The molecule has 3 fully saturated rings. The third-order valence-corrected chi connectivity index (χ3v) is 5.14. The maximum absolute atomic E-state index is 12.4. The smallest absolute Gasteiger partial charge is 0.410 e. The van der Waals surface area contributed by atoms with Gasteiger partial charge in [-0.15, -0.1) is 0 Å². The lowest BCUT2D eigenvalue weighted by atomic mass is 10.2. The maximum Gasteiger partial charge on any atom is 0.410 e. The van der Waals surface area contributed by atoms with E-state index in [4.69, 9.17) is 14.2 Å². The van der Waals surface area contributed by atoms with Crippen molar-refractivity contribution >= 4 is 18.0 Å². The molecule has 27 heavy (non-hydrogen) atoms. The summed E-state index contributed by atoms with van der Waals surface area (Å²) in [6.45, 7) is 1.17. The Balaban J connectivity index is 1.25. The van der Waals surface area contributed by atoms with E-state index in [1.54, 1.807) is 4.90 Å². The summed E-state index contributed by atoms with van der Waals surface area (Å²) in [6, 6.07) is 8.76. The van der Waals surface area contributed by atoms with E-state index in [9.17, 15) is 14.4 Å². The van der Waals surface area contributed by atoms with Crippen LogP contribution in [0.5, 0.6) is 0 Å². The lowest BCUT2D eigenvalue weighted by molar-refractivity contribution is -0.160. The number of β-lactam (4-membered cyclic amide) rings is 1. The molecule has 0 saturated carbocycles. The molecule has 0 N–H and O–H groups in total. The molecule has 4 rings (SSSR count). The van der Waals surface area contributed by atoms with Crippen molar-refractivity contribution in [3.05, 3.63) is 35.9 Å². The lowest BCUT2D eigenvalue weighted by Crippen LogP contribution is -2.48. The number of nitrogens with zero attached hydrogens (tertiary/aromatic N) is 2. The maximum atomic E-state index is 12.4. The number of rotatable bonds is 5. The van der Waals surface area contributed by atoms with E-state index in [0.717, 1.165) is 12.0 Å². The summed E-state index contributed by atoms with van der Waals surface area (Å²) in [4.78, 5) is 39.2. The van der Waals surface area contributed by atoms with Crippen LogP contribution in [0.25, 0.3) is 0 Å². The fourth-order valence-electron chi connectivity index (χ4n) is 3.65. The van der Waals surface area contributed by atoms with Gasteiger partial charge in [-0.1, -0.05) is 30.3 Å². The number of carbonyl (C=O) groups is 3. The second-order valence-corrected chi connectivity index (χ2v) is 6.98. The number of ether oxygens (including phenoxy) is 3. The highest BCUT2D eigenvalue weighted by Gasteiger charge is 2.46. The Morgan fingerprint density at radius 3 is 2.74 bits per heavy atom. The number of fused-ring (bicyclic) bond motifs is 1. The van der Waals surface area contributed by atoms with E-state index in [-0.39, 0.29) is 31.5 Å². The zero-order chi connectivity index (χ0) is 18.8. The van der Waals surface area contributed by atoms with E-state index < -0.39 is 18.1 Å². The normalized spacial score (nSPS) is 26.5. The Kier molecular flexibility index (Phi) is 4.98. The van der Waals surface area contributed by atoms with Crippen LogP contribution < -0.4 is 0 Å². The van der Waals surface area contributed by atoms with Crippen LogP contribution in [0.1, 0.15) is 24.8 Å². The monoisotopic (exact) mass is 374 g/mol. The highest BCUT2D eigenvalue weighted by molar-refractivity contribution is 5.83. The van der Waals surface area contributed by atoms with Crippen LogP contribution in [0, 0.1) is 0 Å². The molecular formula is C19H22N2O6. The van der Waals surface area contributed by atoms with Crippen molar-refractivity contribution in [1.29, 1.82) is 0 Å². The fourth-order valence-corrected chi connectivity index (χ4v) is 3.65. The Morgan fingerprint density at radius 2 is 2.00 bits per heavy atom. The standard InChI is InChI=1S/C19H22N2O6/c22-16-9-17-21(16)10-14(27-17)12-25-18(23)15-7-4-8-20(15)19(24)26-11-13-5-2-1-3-6-13/h1-3,5-6,14-15,17H,4,7-12H2/t14?,15-,17?/m0/s1. The fraction of sp³-hybridized carbons (Fsp3) is 0.526. The minimum absolute atomic E-state index is 0.0666. The van der Waals surface area contributed by atoms with Gasteiger partial charge in [0.1, 0.15) is 31.6 Å². The average Bonchev–Trinajstić information content (AvgIpc) is 3.29. The third kappa shape index (κ3) is 3.75. The molecule has 2 amide bonds. The summed E-state index contributed by atoms with van der Waals surface area (Å²) in [7, 11) is 0. The van der Waals surface area contributed by atoms with Gasteiger partial charge in [-0.3, -0.25) is 9.69 Å². The average molecular weight is 374 g/mol. The first-order chi connectivity index (χ1) is 13.1. The van der Waals surface area contributed by atoms with Crippen molar-refractivity contribution < 1.29 is 28.6 Å². The first kappa shape index (κ1) is 17.8. The topological polar surface area (TPSA) is 85.4 Å². The SMILES string of the molecule is O=C(OCC1CN2C(=O)CC2O1)[C@@H]1CCCN1C(=O)OCc1ccccc1. The molecule has 144 valence electrons. The molecule has 8 heteroatoms. The van der Waals surface area contributed by atoms with E-state index in [1.165, 1.54) is 4.90 Å². The van der Waals surface area contributed by atoms with Gasteiger partial charge in [0, 0.05) is 6.54 Å². The molecule has 3 heterocycles. The van der Waals surface area contributed by atoms with Gasteiger partial charge in [0.05, 0.1) is 13.0 Å². The molecule has 3 atom stereocenters. The Labute approximate surface area is 157 Å². The number of benzene rings is 1. The zero-order valence-corrected chi connectivity index (χ0v) is 14.9. The second kappa shape index (κ2) is 7.56. The summed E-state index contributed by atoms with van der Waals surface area (Å²) in [5, 5.41) is 0. The molecule has 2 unspecified atom stereocenters. The van der Waals surface area contributed by atoms with Crippen LogP contribution in [-0.4, -0.2) is 65.8 Å². The van der Waals surface area contributed by atoms with Crippen LogP contribution in [0.4, 0.5) is 4.79 Å². The Hall–Kier alpha value is -2.61. The molecule has 1 aromatic rings. The summed E-state index contributed by atoms with van der Waals surface area (Å²) >= 11 is 0.